The molecule has 0 atom stereocenters. The van der Waals surface area contributed by atoms with Crippen LogP contribution in [-0.2, 0) is 29.7 Å². The zero-order valence-electron chi connectivity index (χ0n) is 18.3. The Kier molecular flexibility index (Phi) is 7.17. The number of benzene rings is 2. The van der Waals surface area contributed by atoms with Gasteiger partial charge in [-0.1, -0.05) is 30.3 Å². The highest BCUT2D eigenvalue weighted by molar-refractivity contribution is 7.89. The third kappa shape index (κ3) is 5.76. The van der Waals surface area contributed by atoms with Gasteiger partial charge in [0.15, 0.2) is 5.75 Å². The maximum atomic E-state index is 12.6. The van der Waals surface area contributed by atoms with Crippen LogP contribution in [0.5, 0.6) is 11.5 Å². The van der Waals surface area contributed by atoms with Gasteiger partial charge in [0.1, 0.15) is 10.6 Å². The second-order valence-corrected chi connectivity index (χ2v) is 9.17. The lowest BCUT2D eigenvalue weighted by Crippen LogP contribution is -2.24. The summed E-state index contributed by atoms with van der Waals surface area (Å²) >= 11 is 0. The van der Waals surface area contributed by atoms with Gasteiger partial charge in [-0.15, -0.1) is 0 Å². The Bertz CT molecular complexity index is 1290. The largest absolute Gasteiger partial charge is 0.454 e. The lowest BCUT2D eigenvalue weighted by molar-refractivity contribution is 0.281. The normalized spacial score (nSPS) is 11.2. The van der Waals surface area contributed by atoms with E-state index < -0.39 is 10.0 Å². The summed E-state index contributed by atoms with van der Waals surface area (Å²) in [5.41, 5.74) is 2.67. The molecule has 2 aromatic heterocycles. The van der Waals surface area contributed by atoms with Gasteiger partial charge in [-0.2, -0.15) is 0 Å². The summed E-state index contributed by atoms with van der Waals surface area (Å²) in [7, 11) is -4.18. The van der Waals surface area contributed by atoms with Gasteiger partial charge >= 0.3 is 0 Å². The smallest absolute Gasteiger partial charge is 0.241 e. The first kappa shape index (κ1) is 23.4. The topological polar surface area (TPSA) is 119 Å². The first-order valence-electron chi connectivity index (χ1n) is 10.5. The Labute approximate surface area is 198 Å². The molecule has 4 aromatic rings. The van der Waals surface area contributed by atoms with E-state index in [4.69, 9.17) is 9.88 Å². The van der Waals surface area contributed by atoms with E-state index >= 15 is 0 Å². The fourth-order valence-electron chi connectivity index (χ4n) is 3.54. The number of sulfonamides is 1. The molecule has 0 aliphatic heterocycles. The van der Waals surface area contributed by atoms with Crippen LogP contribution in [-0.4, -0.2) is 23.5 Å². The van der Waals surface area contributed by atoms with Gasteiger partial charge in [-0.05, 0) is 53.1 Å². The zero-order valence-corrected chi connectivity index (χ0v) is 19.1. The van der Waals surface area contributed by atoms with E-state index in [0.29, 0.717) is 30.1 Å². The van der Waals surface area contributed by atoms with E-state index in [-0.39, 0.29) is 17.3 Å². The van der Waals surface area contributed by atoms with Crippen LogP contribution in [0.3, 0.4) is 0 Å². The van der Waals surface area contributed by atoms with Gasteiger partial charge in [0.25, 0.3) is 0 Å². The number of nitrogens with two attached hydrogens (primary N) is 1. The quantitative estimate of drug-likeness (QED) is 0.379. The molecule has 3 N–H and O–H groups in total. The average Bonchev–Trinajstić information content (AvgIpc) is 2.85. The van der Waals surface area contributed by atoms with E-state index in [0.717, 1.165) is 11.1 Å². The molecule has 0 bridgehead atoms. The minimum absolute atomic E-state index is 0.0821. The first-order chi connectivity index (χ1) is 16.4. The molecule has 0 saturated carbocycles. The number of hydrogen-bond acceptors (Lipinski definition) is 7. The van der Waals surface area contributed by atoms with Crippen molar-refractivity contribution in [2.24, 2.45) is 5.14 Å². The third-order valence-corrected chi connectivity index (χ3v) is 6.00. The van der Waals surface area contributed by atoms with Crippen LogP contribution in [0.2, 0.25) is 0 Å². The van der Waals surface area contributed by atoms with Crippen LogP contribution in [0.4, 0.5) is 5.69 Å². The van der Waals surface area contributed by atoms with Gasteiger partial charge in [0.05, 0.1) is 12.3 Å². The van der Waals surface area contributed by atoms with Crippen LogP contribution < -0.4 is 14.8 Å². The molecule has 8 nitrogen and oxygen atoms in total. The summed E-state index contributed by atoms with van der Waals surface area (Å²) in [6.45, 7) is 0.425. The number of primary sulfonamides is 1. The van der Waals surface area contributed by atoms with Crippen molar-refractivity contribution in [1.82, 2.24) is 9.97 Å². The van der Waals surface area contributed by atoms with E-state index in [2.05, 4.69) is 9.97 Å². The van der Waals surface area contributed by atoms with Crippen molar-refractivity contribution in [3.63, 3.8) is 0 Å². The first-order valence-corrected chi connectivity index (χ1v) is 12.0. The number of aliphatic hydroxyl groups is 1. The van der Waals surface area contributed by atoms with Crippen LogP contribution in [0.25, 0.3) is 0 Å². The number of nitrogens with zero attached hydrogens (tertiary/aromatic N) is 3. The second-order valence-electron chi connectivity index (χ2n) is 7.64. The predicted molar refractivity (Wildman–Crippen MR) is 129 cm³/mol. The Morgan fingerprint density at radius 2 is 1.47 bits per heavy atom. The van der Waals surface area contributed by atoms with Crippen LogP contribution >= 0.6 is 0 Å². The molecule has 0 saturated heterocycles. The van der Waals surface area contributed by atoms with Crippen LogP contribution in [0.1, 0.15) is 16.7 Å². The highest BCUT2D eigenvalue weighted by atomic mass is 32.2. The van der Waals surface area contributed by atoms with Gasteiger partial charge in [-0.25, -0.2) is 13.6 Å². The Balaban J connectivity index is 1.90. The Hall–Kier alpha value is -3.79. The van der Waals surface area contributed by atoms with E-state index in [1.165, 1.54) is 6.07 Å². The SMILES string of the molecule is NS(=O)(=O)c1cc(CO)cc(N(Cc2cccnc2)Cc2cccnc2)c1Oc1ccccc1. The molecule has 0 spiro atoms. The Morgan fingerprint density at radius 3 is 1.97 bits per heavy atom. The number of para-hydroxylation sites is 1. The monoisotopic (exact) mass is 476 g/mol. The lowest BCUT2D eigenvalue weighted by Gasteiger charge is -2.28. The number of anilines is 1. The highest BCUT2D eigenvalue weighted by Crippen LogP contribution is 2.40. The van der Waals surface area contributed by atoms with E-state index in [9.17, 15) is 13.5 Å². The number of pyridine rings is 2. The van der Waals surface area contributed by atoms with Crippen molar-refractivity contribution in [2.75, 3.05) is 4.90 Å². The van der Waals surface area contributed by atoms with Gasteiger partial charge in [0, 0.05) is 37.9 Å². The lowest BCUT2D eigenvalue weighted by atomic mass is 10.1. The van der Waals surface area contributed by atoms with Crippen molar-refractivity contribution >= 4 is 15.7 Å². The zero-order chi connectivity index (χ0) is 24.0. The summed E-state index contributed by atoms with van der Waals surface area (Å²) in [6, 6.07) is 19.4. The molecule has 2 aromatic carbocycles. The number of ether oxygens (including phenoxy) is 1. The highest BCUT2D eigenvalue weighted by Gasteiger charge is 2.25. The fraction of sp³-hybridized carbons (Fsp3) is 0.120. The average molecular weight is 477 g/mol. The number of rotatable bonds is 9. The minimum Gasteiger partial charge on any atom is -0.454 e. The Morgan fingerprint density at radius 1 is 0.853 bits per heavy atom. The molecule has 174 valence electrons. The van der Waals surface area contributed by atoms with E-state index in [1.807, 2.05) is 35.2 Å². The molecule has 2 heterocycles. The van der Waals surface area contributed by atoms with Crippen molar-refractivity contribution in [1.29, 1.82) is 0 Å². The molecule has 4 rings (SSSR count). The molecule has 9 heteroatoms. The number of aromatic nitrogens is 2. The van der Waals surface area contributed by atoms with Crippen molar-refractivity contribution in [3.8, 4) is 11.5 Å². The fourth-order valence-corrected chi connectivity index (χ4v) is 4.26. The molecular formula is C25H24N4O4S. The van der Waals surface area contributed by atoms with Gasteiger partial charge < -0.3 is 14.7 Å². The van der Waals surface area contributed by atoms with Crippen molar-refractivity contribution in [3.05, 3.63) is 108 Å². The molecule has 0 aliphatic rings. The molecular weight excluding hydrogens is 452 g/mol. The maximum absolute atomic E-state index is 12.6. The molecule has 0 fully saturated rings. The van der Waals surface area contributed by atoms with Gasteiger partial charge in [-0.3, -0.25) is 9.97 Å². The predicted octanol–water partition coefficient (Wildman–Crippen LogP) is 3.62. The molecule has 0 amide bonds. The molecule has 0 radical (unpaired) electrons. The van der Waals surface area contributed by atoms with Gasteiger partial charge in [0.2, 0.25) is 10.0 Å². The summed E-state index contributed by atoms with van der Waals surface area (Å²) < 4.78 is 31.3. The van der Waals surface area contributed by atoms with Crippen LogP contribution in [0.15, 0.2) is 96.4 Å². The number of hydrogen-bond donors (Lipinski definition) is 2. The molecule has 0 unspecified atom stereocenters. The van der Waals surface area contributed by atoms with Crippen molar-refractivity contribution < 1.29 is 18.3 Å². The van der Waals surface area contributed by atoms with Crippen molar-refractivity contribution in [2.45, 2.75) is 24.6 Å². The summed E-state index contributed by atoms with van der Waals surface area (Å²) in [4.78, 5) is 10.1. The molecule has 34 heavy (non-hydrogen) atoms. The maximum Gasteiger partial charge on any atom is 0.241 e. The minimum atomic E-state index is -4.18. The van der Waals surface area contributed by atoms with Crippen LogP contribution in [0, 0.1) is 0 Å². The number of aliphatic hydroxyl groups excluding tert-OH is 1. The summed E-state index contributed by atoms with van der Waals surface area (Å²) in [5.74, 6) is 0.534. The molecule has 0 aliphatic carbocycles. The standard InChI is InChI=1S/C25H24N4O4S/c26-34(31,32)24-13-21(18-30)12-23(25(24)33-22-8-2-1-3-9-22)29(16-19-6-4-10-27-14-19)17-20-7-5-11-28-15-20/h1-15,30H,16-18H2,(H2,26,31,32). The third-order valence-electron chi connectivity index (χ3n) is 5.08. The van der Waals surface area contributed by atoms with E-state index in [1.54, 1.807) is 55.1 Å². The second kappa shape index (κ2) is 10.4. The summed E-state index contributed by atoms with van der Waals surface area (Å²) in [5, 5.41) is 15.5. The summed E-state index contributed by atoms with van der Waals surface area (Å²) in [6.07, 6.45) is 6.85.